The van der Waals surface area contributed by atoms with E-state index in [0.29, 0.717) is 0 Å². The van der Waals surface area contributed by atoms with E-state index in [1.165, 1.54) is 7.11 Å². The molecule has 2 fully saturated rings. The van der Waals surface area contributed by atoms with Crippen LogP contribution in [0.15, 0.2) is 12.1 Å². The molecule has 1 saturated heterocycles. The van der Waals surface area contributed by atoms with Gasteiger partial charge in [-0.15, -0.1) is 0 Å². The van der Waals surface area contributed by atoms with Gasteiger partial charge in [0, 0.05) is 25.2 Å². The summed E-state index contributed by atoms with van der Waals surface area (Å²) in [6.45, 7) is -0.242. The van der Waals surface area contributed by atoms with Crippen LogP contribution in [0.3, 0.4) is 0 Å². The van der Waals surface area contributed by atoms with Crippen LogP contribution in [0, 0.1) is 23.0 Å². The number of benzene rings is 1. The largest absolute Gasteiger partial charge is 0.497 e. The van der Waals surface area contributed by atoms with Crippen molar-refractivity contribution < 1.29 is 33.3 Å². The number of aliphatic carboxylic acids is 1. The van der Waals surface area contributed by atoms with Crippen LogP contribution in [-0.4, -0.2) is 53.3 Å². The number of hydrogen-bond acceptors (Lipinski definition) is 4. The first kappa shape index (κ1) is 18.6. The van der Waals surface area contributed by atoms with Crippen molar-refractivity contribution in [3.05, 3.63) is 29.3 Å². The van der Waals surface area contributed by atoms with Crippen LogP contribution >= 0.6 is 0 Å². The van der Waals surface area contributed by atoms with Crippen LogP contribution in [0.25, 0.3) is 0 Å². The van der Waals surface area contributed by atoms with Gasteiger partial charge in [-0.2, -0.15) is 0 Å². The molecule has 0 unspecified atom stereocenters. The van der Waals surface area contributed by atoms with Gasteiger partial charge in [0.15, 0.2) is 0 Å². The van der Waals surface area contributed by atoms with Crippen molar-refractivity contribution in [2.24, 2.45) is 11.3 Å². The van der Waals surface area contributed by atoms with Crippen LogP contribution in [0.1, 0.15) is 36.0 Å². The molecule has 1 amide bonds. The van der Waals surface area contributed by atoms with Gasteiger partial charge in [0.2, 0.25) is 0 Å². The predicted octanol–water partition coefficient (Wildman–Crippen LogP) is 2.05. The standard InChI is InChI=1S/C18H21F2NO5/c1-26-11-6-12(19)15(13(20)7-11)16(23)21-5-4-14(22)18(9-21,17(24)25)8-10-2-3-10/h6-7,10,14,22H,2-5,8-9H2,1H3,(H,24,25)/t14-,18+/m0/s1. The maximum absolute atomic E-state index is 14.2. The van der Waals surface area contributed by atoms with Gasteiger partial charge in [0.05, 0.1) is 13.2 Å². The third kappa shape index (κ3) is 3.25. The molecular weight excluding hydrogens is 348 g/mol. The zero-order valence-corrected chi connectivity index (χ0v) is 14.4. The first-order valence-corrected chi connectivity index (χ1v) is 8.52. The van der Waals surface area contributed by atoms with Crippen LogP contribution in [0.5, 0.6) is 5.75 Å². The molecule has 0 spiro atoms. The van der Waals surface area contributed by atoms with E-state index in [-0.39, 0.29) is 37.6 Å². The number of carboxylic acid groups (broad SMARTS) is 1. The Kier molecular flexibility index (Phi) is 4.88. The lowest BCUT2D eigenvalue weighted by Gasteiger charge is -2.43. The third-order valence-corrected chi connectivity index (χ3v) is 5.31. The third-order valence-electron chi connectivity index (χ3n) is 5.31. The smallest absolute Gasteiger partial charge is 0.314 e. The molecule has 1 saturated carbocycles. The minimum Gasteiger partial charge on any atom is -0.497 e. The summed E-state index contributed by atoms with van der Waals surface area (Å²) in [5.74, 6) is -4.10. The molecular formula is C18H21F2NO5. The van der Waals surface area contributed by atoms with Gasteiger partial charge in [-0.1, -0.05) is 12.8 Å². The van der Waals surface area contributed by atoms with E-state index in [2.05, 4.69) is 0 Å². The van der Waals surface area contributed by atoms with Gasteiger partial charge in [-0.25, -0.2) is 8.78 Å². The van der Waals surface area contributed by atoms with Crippen molar-refractivity contribution in [1.82, 2.24) is 4.90 Å². The monoisotopic (exact) mass is 369 g/mol. The number of likely N-dealkylation sites (tertiary alicyclic amines) is 1. The maximum Gasteiger partial charge on any atom is 0.314 e. The summed E-state index contributed by atoms with van der Waals surface area (Å²) >= 11 is 0. The Balaban J connectivity index is 1.89. The molecule has 8 heteroatoms. The second kappa shape index (κ2) is 6.83. The van der Waals surface area contributed by atoms with Gasteiger partial charge in [-0.05, 0) is 18.8 Å². The predicted molar refractivity (Wildman–Crippen MR) is 86.8 cm³/mol. The number of ether oxygens (including phenoxy) is 1. The maximum atomic E-state index is 14.2. The number of piperidine rings is 1. The fourth-order valence-electron chi connectivity index (χ4n) is 3.62. The number of aliphatic hydroxyl groups excluding tert-OH is 1. The lowest BCUT2D eigenvalue weighted by atomic mass is 9.73. The summed E-state index contributed by atoms with van der Waals surface area (Å²) in [6, 6.07) is 1.81. The summed E-state index contributed by atoms with van der Waals surface area (Å²) in [7, 11) is 1.25. The van der Waals surface area contributed by atoms with Gasteiger partial charge < -0.3 is 19.8 Å². The van der Waals surface area contributed by atoms with E-state index in [4.69, 9.17) is 4.74 Å². The van der Waals surface area contributed by atoms with Crippen molar-refractivity contribution in [3.8, 4) is 5.75 Å². The van der Waals surface area contributed by atoms with E-state index in [1.807, 2.05) is 0 Å². The molecule has 0 bridgehead atoms. The van der Waals surface area contributed by atoms with Crippen molar-refractivity contribution in [2.75, 3.05) is 20.2 Å². The molecule has 0 radical (unpaired) electrons. The number of aliphatic hydroxyl groups is 1. The van der Waals surface area contributed by atoms with E-state index in [9.17, 15) is 28.6 Å². The average molecular weight is 369 g/mol. The van der Waals surface area contributed by atoms with Gasteiger partial charge in [0.1, 0.15) is 28.4 Å². The van der Waals surface area contributed by atoms with Crippen molar-refractivity contribution in [3.63, 3.8) is 0 Å². The molecule has 1 aromatic carbocycles. The summed E-state index contributed by atoms with van der Waals surface area (Å²) in [6.07, 6.45) is 0.968. The molecule has 142 valence electrons. The second-order valence-electron chi connectivity index (χ2n) is 7.11. The number of carboxylic acids is 1. The summed E-state index contributed by atoms with van der Waals surface area (Å²) in [5.41, 5.74) is -2.25. The van der Waals surface area contributed by atoms with Crippen molar-refractivity contribution in [1.29, 1.82) is 0 Å². The molecule has 1 aliphatic heterocycles. The number of halogens is 2. The molecule has 0 aromatic heterocycles. The number of methoxy groups -OCH3 is 1. The number of carbonyl (C=O) groups excluding carboxylic acids is 1. The topological polar surface area (TPSA) is 87.1 Å². The van der Waals surface area contributed by atoms with E-state index >= 15 is 0 Å². The minimum atomic E-state index is -1.51. The molecule has 3 rings (SSSR count). The number of hydrogen-bond donors (Lipinski definition) is 2. The molecule has 1 aliphatic carbocycles. The summed E-state index contributed by atoms with van der Waals surface area (Å²) in [4.78, 5) is 25.7. The Morgan fingerprint density at radius 2 is 1.88 bits per heavy atom. The lowest BCUT2D eigenvalue weighted by Crippen LogP contribution is -2.57. The first-order valence-electron chi connectivity index (χ1n) is 8.52. The fraction of sp³-hybridized carbons (Fsp3) is 0.556. The van der Waals surface area contributed by atoms with Crippen LogP contribution in [0.4, 0.5) is 8.78 Å². The highest BCUT2D eigenvalue weighted by Gasteiger charge is 2.52. The number of rotatable bonds is 5. The van der Waals surface area contributed by atoms with Gasteiger partial charge in [0.25, 0.3) is 5.91 Å². The molecule has 1 heterocycles. The Morgan fingerprint density at radius 3 is 2.38 bits per heavy atom. The van der Waals surface area contributed by atoms with Gasteiger partial charge in [-0.3, -0.25) is 9.59 Å². The van der Waals surface area contributed by atoms with Gasteiger partial charge >= 0.3 is 5.97 Å². The van der Waals surface area contributed by atoms with Crippen molar-refractivity contribution >= 4 is 11.9 Å². The molecule has 6 nitrogen and oxygen atoms in total. The molecule has 2 N–H and O–H groups in total. The highest BCUT2D eigenvalue weighted by Crippen LogP contribution is 2.45. The van der Waals surface area contributed by atoms with E-state index in [0.717, 1.165) is 29.9 Å². The number of amides is 1. The highest BCUT2D eigenvalue weighted by molar-refractivity contribution is 5.95. The molecule has 2 aliphatic rings. The first-order chi connectivity index (χ1) is 12.3. The van der Waals surface area contributed by atoms with Crippen LogP contribution < -0.4 is 4.74 Å². The zero-order chi connectivity index (χ0) is 19.1. The Bertz CT molecular complexity index is 713. The summed E-state index contributed by atoms with van der Waals surface area (Å²) in [5, 5.41) is 20.1. The Hall–Kier alpha value is -2.22. The molecule has 26 heavy (non-hydrogen) atoms. The number of carbonyl (C=O) groups is 2. The molecule has 2 atom stereocenters. The Labute approximate surface area is 149 Å². The highest BCUT2D eigenvalue weighted by atomic mass is 19.1. The van der Waals surface area contributed by atoms with Crippen LogP contribution in [-0.2, 0) is 4.79 Å². The number of nitrogens with zero attached hydrogens (tertiary/aromatic N) is 1. The normalized spacial score (nSPS) is 25.8. The van der Waals surface area contributed by atoms with E-state index < -0.39 is 40.6 Å². The van der Waals surface area contributed by atoms with Crippen LogP contribution in [0.2, 0.25) is 0 Å². The quantitative estimate of drug-likeness (QED) is 0.830. The Morgan fingerprint density at radius 1 is 1.27 bits per heavy atom. The zero-order valence-electron chi connectivity index (χ0n) is 14.4. The lowest BCUT2D eigenvalue weighted by molar-refractivity contribution is -0.163. The van der Waals surface area contributed by atoms with E-state index in [1.54, 1.807) is 0 Å². The minimum absolute atomic E-state index is 0.0323. The van der Waals surface area contributed by atoms with Crippen molar-refractivity contribution in [2.45, 2.75) is 31.8 Å². The SMILES string of the molecule is COc1cc(F)c(C(=O)N2CC[C@H](O)[C@](CC3CC3)(C(=O)O)C2)c(F)c1. The molecule has 1 aromatic rings. The fourth-order valence-corrected chi connectivity index (χ4v) is 3.62. The second-order valence-corrected chi connectivity index (χ2v) is 7.11. The average Bonchev–Trinajstić information content (AvgIpc) is 3.39. The summed E-state index contributed by atoms with van der Waals surface area (Å²) < 4.78 is 33.2.